The fourth-order valence-electron chi connectivity index (χ4n) is 2.17. The van der Waals surface area contributed by atoms with Crippen molar-refractivity contribution in [1.82, 2.24) is 0 Å². The molecule has 0 bridgehead atoms. The third-order valence-corrected chi connectivity index (χ3v) is 4.60. The zero-order valence-corrected chi connectivity index (χ0v) is 14.5. The van der Waals surface area contributed by atoms with E-state index in [4.69, 9.17) is 4.74 Å². The van der Waals surface area contributed by atoms with Crippen molar-refractivity contribution >= 4 is 50.1 Å². The van der Waals surface area contributed by atoms with E-state index >= 15 is 0 Å². The van der Waals surface area contributed by atoms with Crippen LogP contribution in [0.1, 0.15) is 17.2 Å². The summed E-state index contributed by atoms with van der Waals surface area (Å²) in [6.45, 7) is 0.0251. The van der Waals surface area contributed by atoms with Crippen molar-refractivity contribution < 1.29 is 14.6 Å². The molecule has 0 spiro atoms. The Hall–Kier alpha value is -1.12. The molecule has 1 unspecified atom stereocenters. The van der Waals surface area contributed by atoms with Crippen LogP contribution in [0.2, 0.25) is 0 Å². The minimum absolute atomic E-state index is 0.0251. The number of rotatable bonds is 2. The van der Waals surface area contributed by atoms with Crippen molar-refractivity contribution in [3.05, 3.63) is 55.6 Å². The lowest BCUT2D eigenvalue weighted by Crippen LogP contribution is -2.25. The van der Waals surface area contributed by atoms with Gasteiger partial charge in [0.1, 0.15) is 11.9 Å². The molecule has 0 saturated heterocycles. The summed E-state index contributed by atoms with van der Waals surface area (Å²) in [5.74, 6) is 0.428. The molecule has 6 heteroatoms. The molecule has 2 aromatic rings. The minimum Gasteiger partial charge on any atom is -0.482 e. The fourth-order valence-corrected chi connectivity index (χ4v) is 3.15. The van der Waals surface area contributed by atoms with Gasteiger partial charge in [-0.15, -0.1) is 0 Å². The number of fused-ring (bicyclic) bond motifs is 1. The average molecular weight is 460 g/mol. The van der Waals surface area contributed by atoms with E-state index in [-0.39, 0.29) is 12.5 Å². The summed E-state index contributed by atoms with van der Waals surface area (Å²) in [5, 5.41) is 13.3. The zero-order chi connectivity index (χ0) is 15.0. The third kappa shape index (κ3) is 3.07. The summed E-state index contributed by atoms with van der Waals surface area (Å²) in [6, 6.07) is 11.1. The zero-order valence-electron chi connectivity index (χ0n) is 10.8. The molecule has 21 heavy (non-hydrogen) atoms. The van der Waals surface area contributed by atoms with Gasteiger partial charge in [0, 0.05) is 13.6 Å². The number of hydrogen-bond acceptors (Lipinski definition) is 3. The molecular formula is C15H11BrINO3. The SMILES string of the molecule is O=C1COc2ccc(C(O)c3cc(I)ccc3Br)cc2N1. The number of anilines is 1. The van der Waals surface area contributed by atoms with Gasteiger partial charge in [0.25, 0.3) is 5.91 Å². The molecule has 108 valence electrons. The van der Waals surface area contributed by atoms with Crippen LogP contribution >= 0.6 is 38.5 Å². The molecule has 2 N–H and O–H groups in total. The van der Waals surface area contributed by atoms with Crippen LogP contribution in [0.15, 0.2) is 40.9 Å². The third-order valence-electron chi connectivity index (χ3n) is 3.20. The molecule has 3 rings (SSSR count). The highest BCUT2D eigenvalue weighted by atomic mass is 127. The number of aliphatic hydroxyl groups is 1. The van der Waals surface area contributed by atoms with E-state index in [0.717, 1.165) is 13.6 Å². The fraction of sp³-hybridized carbons (Fsp3) is 0.133. The smallest absolute Gasteiger partial charge is 0.262 e. The van der Waals surface area contributed by atoms with Crippen LogP contribution in [0.25, 0.3) is 0 Å². The standard InChI is InChI=1S/C15H11BrINO3/c16-11-3-2-9(17)6-10(11)15(20)8-1-4-13-12(5-8)18-14(19)7-21-13/h1-6,15,20H,7H2,(H,18,19). The van der Waals surface area contributed by atoms with E-state index in [1.54, 1.807) is 18.2 Å². The molecule has 4 nitrogen and oxygen atoms in total. The Morgan fingerprint density at radius 1 is 1.29 bits per heavy atom. The van der Waals surface area contributed by atoms with E-state index in [1.165, 1.54) is 0 Å². The highest BCUT2D eigenvalue weighted by Gasteiger charge is 2.20. The predicted octanol–water partition coefficient (Wildman–Crippen LogP) is 3.47. The molecule has 0 aliphatic carbocycles. The largest absolute Gasteiger partial charge is 0.482 e. The Bertz CT molecular complexity index is 720. The normalized spacial score (nSPS) is 14.9. The van der Waals surface area contributed by atoms with E-state index in [0.29, 0.717) is 17.0 Å². The average Bonchev–Trinajstić information content (AvgIpc) is 2.48. The van der Waals surface area contributed by atoms with Crippen molar-refractivity contribution in [1.29, 1.82) is 0 Å². The van der Waals surface area contributed by atoms with Crippen LogP contribution in [0.3, 0.4) is 0 Å². The number of ether oxygens (including phenoxy) is 1. The molecule has 1 atom stereocenters. The second kappa shape index (κ2) is 5.94. The highest BCUT2D eigenvalue weighted by molar-refractivity contribution is 14.1. The molecule has 0 saturated carbocycles. The maximum Gasteiger partial charge on any atom is 0.262 e. The predicted molar refractivity (Wildman–Crippen MR) is 91.5 cm³/mol. The second-order valence-corrected chi connectivity index (χ2v) is 6.76. The van der Waals surface area contributed by atoms with Crippen molar-refractivity contribution in [3.63, 3.8) is 0 Å². The van der Waals surface area contributed by atoms with Gasteiger partial charge in [-0.2, -0.15) is 0 Å². The first kappa shape index (κ1) is 14.8. The first-order valence-electron chi connectivity index (χ1n) is 6.24. The maximum absolute atomic E-state index is 11.4. The number of hydrogen-bond donors (Lipinski definition) is 2. The molecule has 0 fully saturated rings. The minimum atomic E-state index is -0.779. The molecule has 1 aliphatic rings. The molecule has 1 amide bonds. The number of halogens is 2. The van der Waals surface area contributed by atoms with Crippen LogP contribution in [0.5, 0.6) is 5.75 Å². The number of carbonyl (C=O) groups is 1. The van der Waals surface area contributed by atoms with Gasteiger partial charge in [-0.05, 0) is 58.5 Å². The Balaban J connectivity index is 1.98. The molecule has 1 heterocycles. The topological polar surface area (TPSA) is 58.6 Å². The van der Waals surface area contributed by atoms with Crippen molar-refractivity contribution in [2.45, 2.75) is 6.10 Å². The van der Waals surface area contributed by atoms with Crippen LogP contribution in [0.4, 0.5) is 5.69 Å². The summed E-state index contributed by atoms with van der Waals surface area (Å²) < 4.78 is 7.20. The van der Waals surface area contributed by atoms with Gasteiger partial charge in [0.05, 0.1) is 5.69 Å². The molecule has 0 aromatic heterocycles. The van der Waals surface area contributed by atoms with Gasteiger partial charge in [0.15, 0.2) is 6.61 Å². The number of carbonyl (C=O) groups excluding carboxylic acids is 1. The Kier molecular flexibility index (Phi) is 4.19. The maximum atomic E-state index is 11.4. The van der Waals surface area contributed by atoms with Gasteiger partial charge in [0.2, 0.25) is 0 Å². The number of nitrogens with one attached hydrogen (secondary N) is 1. The Morgan fingerprint density at radius 3 is 2.90 bits per heavy atom. The quantitative estimate of drug-likeness (QED) is 0.676. The molecule has 0 radical (unpaired) electrons. The summed E-state index contributed by atoms with van der Waals surface area (Å²) in [5.41, 5.74) is 2.07. The lowest BCUT2D eigenvalue weighted by atomic mass is 10.0. The Morgan fingerprint density at radius 2 is 2.10 bits per heavy atom. The van der Waals surface area contributed by atoms with Crippen LogP contribution in [0, 0.1) is 3.57 Å². The number of benzene rings is 2. The van der Waals surface area contributed by atoms with Crippen molar-refractivity contribution in [2.24, 2.45) is 0 Å². The van der Waals surface area contributed by atoms with Gasteiger partial charge in [-0.3, -0.25) is 4.79 Å². The van der Waals surface area contributed by atoms with E-state index in [9.17, 15) is 9.90 Å². The van der Waals surface area contributed by atoms with Crippen molar-refractivity contribution in [3.8, 4) is 5.75 Å². The number of aliphatic hydroxyl groups excluding tert-OH is 1. The molecule has 2 aromatic carbocycles. The molecule has 1 aliphatic heterocycles. The lowest BCUT2D eigenvalue weighted by Gasteiger charge is -2.20. The summed E-state index contributed by atoms with van der Waals surface area (Å²) >= 11 is 5.66. The molecular weight excluding hydrogens is 449 g/mol. The van der Waals surface area contributed by atoms with Gasteiger partial charge >= 0.3 is 0 Å². The number of amides is 1. The van der Waals surface area contributed by atoms with Gasteiger partial charge < -0.3 is 15.2 Å². The second-order valence-electron chi connectivity index (χ2n) is 4.66. The van der Waals surface area contributed by atoms with Crippen LogP contribution < -0.4 is 10.1 Å². The van der Waals surface area contributed by atoms with E-state index in [2.05, 4.69) is 43.8 Å². The lowest BCUT2D eigenvalue weighted by molar-refractivity contribution is -0.118. The Labute approximate surface area is 143 Å². The highest BCUT2D eigenvalue weighted by Crippen LogP contribution is 2.35. The summed E-state index contributed by atoms with van der Waals surface area (Å²) in [6.07, 6.45) is -0.779. The first-order valence-corrected chi connectivity index (χ1v) is 8.11. The van der Waals surface area contributed by atoms with E-state index in [1.807, 2.05) is 18.2 Å². The van der Waals surface area contributed by atoms with E-state index < -0.39 is 6.10 Å². The van der Waals surface area contributed by atoms with Crippen LogP contribution in [-0.2, 0) is 4.79 Å². The van der Waals surface area contributed by atoms with Gasteiger partial charge in [-0.25, -0.2) is 0 Å². The summed E-state index contributed by atoms with van der Waals surface area (Å²) in [7, 11) is 0. The van der Waals surface area contributed by atoms with Crippen LogP contribution in [-0.4, -0.2) is 17.6 Å². The monoisotopic (exact) mass is 459 g/mol. The van der Waals surface area contributed by atoms with Crippen molar-refractivity contribution in [2.75, 3.05) is 11.9 Å². The van der Waals surface area contributed by atoms with Gasteiger partial charge in [-0.1, -0.05) is 22.0 Å². The summed E-state index contributed by atoms with van der Waals surface area (Å²) in [4.78, 5) is 11.4. The first-order chi connectivity index (χ1) is 10.0.